The van der Waals surface area contributed by atoms with E-state index in [2.05, 4.69) is 25.7 Å². The maximum atomic E-state index is 12.9. The number of nitrogens with zero attached hydrogens (tertiary/aromatic N) is 1. The monoisotopic (exact) mass is 279 g/mol. The fourth-order valence-corrected chi connectivity index (χ4v) is 3.97. The summed E-state index contributed by atoms with van der Waals surface area (Å²) in [5.41, 5.74) is 0.110. The van der Waals surface area contributed by atoms with Gasteiger partial charge in [0, 0.05) is 18.5 Å². The summed E-state index contributed by atoms with van der Waals surface area (Å²) in [7, 11) is 0. The van der Waals surface area contributed by atoms with Gasteiger partial charge in [-0.15, -0.1) is 0 Å². The minimum absolute atomic E-state index is 0.110. The number of hydrogen-bond acceptors (Lipinski definition) is 1. The van der Waals surface area contributed by atoms with Crippen LogP contribution in [-0.4, -0.2) is 22.9 Å². The van der Waals surface area contributed by atoms with Gasteiger partial charge in [-0.05, 0) is 31.1 Å². The number of carbonyl (C=O) groups is 1. The number of hydrogen-bond donors (Lipinski definition) is 0. The summed E-state index contributed by atoms with van der Waals surface area (Å²) in [6.45, 7) is 6.56. The van der Waals surface area contributed by atoms with Gasteiger partial charge in [0.2, 0.25) is 5.91 Å². The topological polar surface area (TPSA) is 20.3 Å². The van der Waals surface area contributed by atoms with E-state index in [1.165, 1.54) is 64.2 Å². The lowest BCUT2D eigenvalue weighted by Crippen LogP contribution is -2.49. The number of rotatable bonds is 3. The fraction of sp³-hybridized carbons (Fsp3) is 0.944. The molecule has 0 saturated heterocycles. The third-order valence-corrected chi connectivity index (χ3v) is 4.91. The zero-order chi connectivity index (χ0) is 14.6. The van der Waals surface area contributed by atoms with E-state index < -0.39 is 0 Å². The van der Waals surface area contributed by atoms with Crippen molar-refractivity contribution in [2.45, 2.75) is 103 Å². The van der Waals surface area contributed by atoms with Gasteiger partial charge < -0.3 is 4.90 Å². The van der Waals surface area contributed by atoms with Crippen molar-refractivity contribution in [3.63, 3.8) is 0 Å². The second-order valence-electron chi connectivity index (χ2n) is 8.12. The molecular formula is C18H33NO. The van der Waals surface area contributed by atoms with Gasteiger partial charge in [-0.3, -0.25) is 4.79 Å². The summed E-state index contributed by atoms with van der Waals surface area (Å²) in [5, 5.41) is 0. The Hall–Kier alpha value is -0.530. The lowest BCUT2D eigenvalue weighted by atomic mass is 9.86. The van der Waals surface area contributed by atoms with Crippen molar-refractivity contribution in [3.05, 3.63) is 0 Å². The predicted octanol–water partition coefficient (Wildman–Crippen LogP) is 4.92. The van der Waals surface area contributed by atoms with E-state index in [9.17, 15) is 4.79 Å². The lowest BCUT2D eigenvalue weighted by molar-refractivity contribution is -0.140. The number of amides is 1. The molecule has 2 heteroatoms. The van der Waals surface area contributed by atoms with Gasteiger partial charge in [-0.1, -0.05) is 59.3 Å². The Bertz CT molecular complexity index is 288. The van der Waals surface area contributed by atoms with Crippen molar-refractivity contribution >= 4 is 5.91 Å². The summed E-state index contributed by atoms with van der Waals surface area (Å²) in [6, 6.07) is 1.09. The van der Waals surface area contributed by atoms with Crippen LogP contribution >= 0.6 is 0 Å². The average molecular weight is 279 g/mol. The minimum Gasteiger partial charge on any atom is -0.337 e. The molecule has 0 aromatic rings. The zero-order valence-electron chi connectivity index (χ0n) is 13.8. The van der Waals surface area contributed by atoms with Gasteiger partial charge in [-0.25, -0.2) is 0 Å². The molecule has 0 spiro atoms. The Morgan fingerprint density at radius 2 is 1.25 bits per heavy atom. The van der Waals surface area contributed by atoms with E-state index in [4.69, 9.17) is 0 Å². The molecule has 2 rings (SSSR count). The number of carbonyl (C=O) groups excluding carboxylic acids is 1. The normalized spacial score (nSPS) is 22.8. The fourth-order valence-electron chi connectivity index (χ4n) is 3.97. The van der Waals surface area contributed by atoms with Gasteiger partial charge in [-0.2, -0.15) is 0 Å². The SMILES string of the molecule is CC(C)(C)CC(=O)N(C1CCCCC1)C1CCCCC1. The molecule has 116 valence electrons. The molecule has 0 unspecified atom stereocenters. The van der Waals surface area contributed by atoms with E-state index in [0.29, 0.717) is 24.4 Å². The first-order valence-corrected chi connectivity index (χ1v) is 8.78. The highest BCUT2D eigenvalue weighted by Gasteiger charge is 2.33. The highest BCUT2D eigenvalue weighted by atomic mass is 16.2. The van der Waals surface area contributed by atoms with Crippen molar-refractivity contribution in [1.82, 2.24) is 4.90 Å². The molecule has 2 fully saturated rings. The molecule has 0 heterocycles. The first kappa shape index (κ1) is 15.9. The van der Waals surface area contributed by atoms with Crippen molar-refractivity contribution in [3.8, 4) is 0 Å². The van der Waals surface area contributed by atoms with Crippen LogP contribution in [0.25, 0.3) is 0 Å². The second kappa shape index (κ2) is 6.95. The standard InChI is InChI=1S/C18H33NO/c1-18(2,3)14-17(20)19(15-10-6-4-7-11-15)16-12-8-5-9-13-16/h15-16H,4-14H2,1-3H3. The molecule has 2 aliphatic carbocycles. The van der Waals surface area contributed by atoms with Crippen LogP contribution in [0.5, 0.6) is 0 Å². The average Bonchev–Trinajstić information content (AvgIpc) is 2.39. The van der Waals surface area contributed by atoms with Crippen LogP contribution in [0.3, 0.4) is 0 Å². The van der Waals surface area contributed by atoms with Crippen LogP contribution in [0, 0.1) is 5.41 Å². The molecule has 1 amide bonds. The third kappa shape index (κ3) is 4.49. The Kier molecular flexibility index (Phi) is 5.51. The van der Waals surface area contributed by atoms with E-state index >= 15 is 0 Å². The van der Waals surface area contributed by atoms with E-state index in [-0.39, 0.29) is 5.41 Å². The van der Waals surface area contributed by atoms with Crippen LogP contribution in [-0.2, 0) is 4.79 Å². The Morgan fingerprint density at radius 1 is 0.850 bits per heavy atom. The Balaban J connectivity index is 2.07. The Labute approximate surface area is 125 Å². The largest absolute Gasteiger partial charge is 0.337 e. The summed E-state index contributed by atoms with van der Waals surface area (Å²) in [4.78, 5) is 15.2. The molecular weight excluding hydrogens is 246 g/mol. The van der Waals surface area contributed by atoms with Crippen molar-refractivity contribution in [2.24, 2.45) is 5.41 Å². The van der Waals surface area contributed by atoms with E-state index in [1.807, 2.05) is 0 Å². The first-order chi connectivity index (χ1) is 9.47. The maximum Gasteiger partial charge on any atom is 0.223 e. The lowest BCUT2D eigenvalue weighted by Gasteiger charge is -2.42. The summed E-state index contributed by atoms with van der Waals surface area (Å²) in [5.74, 6) is 0.427. The molecule has 0 aromatic heterocycles. The highest BCUT2D eigenvalue weighted by Crippen LogP contribution is 2.32. The summed E-state index contributed by atoms with van der Waals surface area (Å²) >= 11 is 0. The second-order valence-corrected chi connectivity index (χ2v) is 8.12. The van der Waals surface area contributed by atoms with Gasteiger partial charge in [0.15, 0.2) is 0 Å². The molecule has 0 aliphatic heterocycles. The molecule has 0 atom stereocenters. The summed E-state index contributed by atoms with van der Waals surface area (Å²) < 4.78 is 0. The maximum absolute atomic E-state index is 12.9. The van der Waals surface area contributed by atoms with Crippen LogP contribution in [0.15, 0.2) is 0 Å². The Morgan fingerprint density at radius 3 is 1.60 bits per heavy atom. The zero-order valence-corrected chi connectivity index (χ0v) is 13.8. The molecule has 0 bridgehead atoms. The van der Waals surface area contributed by atoms with Crippen LogP contribution in [0.1, 0.15) is 91.4 Å². The molecule has 2 aliphatic rings. The smallest absolute Gasteiger partial charge is 0.223 e. The molecule has 2 nitrogen and oxygen atoms in total. The summed E-state index contributed by atoms with van der Waals surface area (Å²) in [6.07, 6.45) is 13.7. The molecule has 2 saturated carbocycles. The predicted molar refractivity (Wildman–Crippen MR) is 84.7 cm³/mol. The molecule has 0 N–H and O–H groups in total. The van der Waals surface area contributed by atoms with Crippen LogP contribution in [0.4, 0.5) is 0 Å². The van der Waals surface area contributed by atoms with Gasteiger partial charge >= 0.3 is 0 Å². The molecule has 0 radical (unpaired) electrons. The van der Waals surface area contributed by atoms with Crippen molar-refractivity contribution in [2.75, 3.05) is 0 Å². The van der Waals surface area contributed by atoms with Gasteiger partial charge in [0.25, 0.3) is 0 Å². The van der Waals surface area contributed by atoms with E-state index in [1.54, 1.807) is 0 Å². The van der Waals surface area contributed by atoms with Crippen LogP contribution < -0.4 is 0 Å². The van der Waals surface area contributed by atoms with Gasteiger partial charge in [0.1, 0.15) is 0 Å². The van der Waals surface area contributed by atoms with Gasteiger partial charge in [0.05, 0.1) is 0 Å². The molecule has 0 aromatic carbocycles. The minimum atomic E-state index is 0.110. The van der Waals surface area contributed by atoms with Crippen LogP contribution in [0.2, 0.25) is 0 Å². The van der Waals surface area contributed by atoms with Crippen molar-refractivity contribution in [1.29, 1.82) is 0 Å². The third-order valence-electron chi connectivity index (χ3n) is 4.91. The van der Waals surface area contributed by atoms with Crippen molar-refractivity contribution < 1.29 is 4.79 Å². The molecule has 20 heavy (non-hydrogen) atoms. The van der Waals surface area contributed by atoms with E-state index in [0.717, 1.165) is 0 Å². The quantitative estimate of drug-likeness (QED) is 0.718. The first-order valence-electron chi connectivity index (χ1n) is 8.78. The highest BCUT2D eigenvalue weighted by molar-refractivity contribution is 5.77.